The molecule has 148 valence electrons. The second-order valence-electron chi connectivity index (χ2n) is 6.03. The van der Waals surface area contributed by atoms with Gasteiger partial charge in [-0.15, -0.1) is 10.2 Å². The standard InChI is InChI=1S/C19H17N5O4S/c1-11-2-4-12(5-3-11)18(28)21-19-24-23-17(29-19)9-16(27)22-20-10-13-6-7-14(25)8-15(13)26/h2-8,10,25-26H,9H2,1H3,(H,22,27)(H,21,24,28)/b20-10-. The minimum absolute atomic E-state index is 0.0725. The van der Waals surface area contributed by atoms with E-state index in [2.05, 4.69) is 26.0 Å². The third kappa shape index (κ3) is 5.59. The quantitative estimate of drug-likeness (QED) is 0.363. The number of carbonyl (C=O) groups excluding carboxylic acids is 2. The number of aryl methyl sites for hydroxylation is 1. The van der Waals surface area contributed by atoms with Crippen LogP contribution in [0.5, 0.6) is 11.5 Å². The average molecular weight is 411 g/mol. The zero-order valence-corrected chi connectivity index (χ0v) is 16.1. The number of hydrogen-bond acceptors (Lipinski definition) is 8. The van der Waals surface area contributed by atoms with Crippen molar-refractivity contribution in [3.05, 3.63) is 64.2 Å². The van der Waals surface area contributed by atoms with E-state index in [0.717, 1.165) is 23.0 Å². The number of benzene rings is 2. The van der Waals surface area contributed by atoms with Crippen LogP contribution in [0.3, 0.4) is 0 Å². The minimum atomic E-state index is -0.438. The van der Waals surface area contributed by atoms with Gasteiger partial charge in [-0.05, 0) is 31.2 Å². The Bertz CT molecular complexity index is 1060. The first-order valence-electron chi connectivity index (χ1n) is 8.45. The molecule has 0 spiro atoms. The van der Waals surface area contributed by atoms with E-state index in [1.807, 2.05) is 19.1 Å². The van der Waals surface area contributed by atoms with E-state index in [4.69, 9.17) is 0 Å². The second kappa shape index (κ2) is 8.93. The Morgan fingerprint density at radius 2 is 1.90 bits per heavy atom. The minimum Gasteiger partial charge on any atom is -0.508 e. The molecule has 3 rings (SSSR count). The Hall–Kier alpha value is -3.79. The van der Waals surface area contributed by atoms with Gasteiger partial charge in [0.05, 0.1) is 12.6 Å². The molecule has 0 aliphatic rings. The van der Waals surface area contributed by atoms with Gasteiger partial charge in [-0.3, -0.25) is 14.9 Å². The van der Waals surface area contributed by atoms with Crippen LogP contribution < -0.4 is 10.7 Å². The number of hydrogen-bond donors (Lipinski definition) is 4. The molecule has 0 unspecified atom stereocenters. The molecule has 2 amide bonds. The van der Waals surface area contributed by atoms with Crippen LogP contribution in [0.25, 0.3) is 0 Å². The lowest BCUT2D eigenvalue weighted by Crippen LogP contribution is -2.19. The Labute approximate surface area is 169 Å². The third-order valence-electron chi connectivity index (χ3n) is 3.72. The summed E-state index contributed by atoms with van der Waals surface area (Å²) in [5.74, 6) is -0.992. The van der Waals surface area contributed by atoms with Gasteiger partial charge in [-0.25, -0.2) is 5.43 Å². The zero-order valence-electron chi connectivity index (χ0n) is 15.3. The molecule has 3 aromatic rings. The number of rotatable bonds is 6. The number of nitrogens with zero attached hydrogens (tertiary/aromatic N) is 3. The highest BCUT2D eigenvalue weighted by atomic mass is 32.1. The zero-order chi connectivity index (χ0) is 20.8. The van der Waals surface area contributed by atoms with E-state index < -0.39 is 5.91 Å². The van der Waals surface area contributed by atoms with Crippen molar-refractivity contribution in [3.8, 4) is 11.5 Å². The Balaban J connectivity index is 1.52. The molecule has 0 aliphatic heterocycles. The first kappa shape index (κ1) is 20.0. The number of phenolic OH excluding ortho intramolecular Hbond substituents is 2. The van der Waals surface area contributed by atoms with Gasteiger partial charge in [0.15, 0.2) is 0 Å². The number of amides is 2. The predicted molar refractivity (Wildman–Crippen MR) is 108 cm³/mol. The van der Waals surface area contributed by atoms with E-state index in [1.165, 1.54) is 18.3 Å². The van der Waals surface area contributed by atoms with Crippen molar-refractivity contribution in [2.45, 2.75) is 13.3 Å². The van der Waals surface area contributed by atoms with Gasteiger partial charge in [0.2, 0.25) is 11.0 Å². The topological polar surface area (TPSA) is 137 Å². The number of nitrogens with one attached hydrogen (secondary N) is 2. The summed E-state index contributed by atoms with van der Waals surface area (Å²) in [5, 5.41) is 33.7. The van der Waals surface area contributed by atoms with Crippen LogP contribution in [-0.4, -0.2) is 38.4 Å². The van der Waals surface area contributed by atoms with Gasteiger partial charge >= 0.3 is 0 Å². The summed E-state index contributed by atoms with van der Waals surface area (Å²) in [7, 11) is 0. The summed E-state index contributed by atoms with van der Waals surface area (Å²) in [6, 6.07) is 11.1. The maximum absolute atomic E-state index is 12.2. The number of aromatic nitrogens is 2. The lowest BCUT2D eigenvalue weighted by molar-refractivity contribution is -0.120. The van der Waals surface area contributed by atoms with Crippen LogP contribution >= 0.6 is 11.3 Å². The maximum Gasteiger partial charge on any atom is 0.257 e. The fourth-order valence-electron chi connectivity index (χ4n) is 2.24. The van der Waals surface area contributed by atoms with Crippen molar-refractivity contribution in [2.75, 3.05) is 5.32 Å². The predicted octanol–water partition coefficient (Wildman–Crippen LogP) is 2.20. The van der Waals surface area contributed by atoms with Gasteiger partial charge in [0.25, 0.3) is 5.91 Å². The van der Waals surface area contributed by atoms with Gasteiger partial charge in [0.1, 0.15) is 16.5 Å². The Kier molecular flexibility index (Phi) is 6.15. The van der Waals surface area contributed by atoms with Crippen LogP contribution in [0, 0.1) is 6.92 Å². The van der Waals surface area contributed by atoms with Crippen LogP contribution in [0.15, 0.2) is 47.6 Å². The molecule has 1 aromatic heterocycles. The van der Waals surface area contributed by atoms with Gasteiger partial charge in [0, 0.05) is 17.2 Å². The number of anilines is 1. The lowest BCUT2D eigenvalue weighted by Gasteiger charge is -2.01. The molecule has 2 aromatic carbocycles. The number of carbonyl (C=O) groups is 2. The lowest BCUT2D eigenvalue weighted by atomic mass is 10.1. The molecular formula is C19H17N5O4S. The van der Waals surface area contributed by atoms with Crippen molar-refractivity contribution >= 4 is 34.5 Å². The van der Waals surface area contributed by atoms with Crippen molar-refractivity contribution in [3.63, 3.8) is 0 Å². The normalized spacial score (nSPS) is 10.8. The SMILES string of the molecule is Cc1ccc(C(=O)Nc2nnc(CC(=O)N/N=C\c3ccc(O)cc3O)s2)cc1. The van der Waals surface area contributed by atoms with Gasteiger partial charge in [-0.2, -0.15) is 5.10 Å². The summed E-state index contributed by atoms with van der Waals surface area (Å²) in [6.07, 6.45) is 1.18. The molecule has 0 bridgehead atoms. The van der Waals surface area contributed by atoms with Crippen LogP contribution in [0.1, 0.15) is 26.5 Å². The number of hydrazone groups is 1. The maximum atomic E-state index is 12.2. The summed E-state index contributed by atoms with van der Waals surface area (Å²) >= 11 is 1.09. The molecular weight excluding hydrogens is 394 g/mol. The highest BCUT2D eigenvalue weighted by Gasteiger charge is 2.12. The summed E-state index contributed by atoms with van der Waals surface area (Å²) in [5.41, 5.74) is 4.19. The molecule has 0 saturated carbocycles. The first-order valence-corrected chi connectivity index (χ1v) is 9.26. The molecule has 0 saturated heterocycles. The van der Waals surface area contributed by atoms with Crippen molar-refractivity contribution in [1.82, 2.24) is 15.6 Å². The van der Waals surface area contributed by atoms with E-state index in [1.54, 1.807) is 12.1 Å². The number of phenols is 2. The number of aromatic hydroxyl groups is 2. The largest absolute Gasteiger partial charge is 0.508 e. The molecule has 0 radical (unpaired) electrons. The molecule has 0 fully saturated rings. The smallest absolute Gasteiger partial charge is 0.257 e. The van der Waals surface area contributed by atoms with Crippen molar-refractivity contribution in [2.24, 2.45) is 5.10 Å². The monoisotopic (exact) mass is 411 g/mol. The first-order chi connectivity index (χ1) is 13.9. The molecule has 1 heterocycles. The molecule has 0 aliphatic carbocycles. The third-order valence-corrected chi connectivity index (χ3v) is 4.56. The van der Waals surface area contributed by atoms with Crippen LogP contribution in [0.4, 0.5) is 5.13 Å². The summed E-state index contributed by atoms with van der Waals surface area (Å²) in [4.78, 5) is 24.1. The highest BCUT2D eigenvalue weighted by Crippen LogP contribution is 2.21. The fraction of sp³-hybridized carbons (Fsp3) is 0.105. The summed E-state index contributed by atoms with van der Waals surface area (Å²) < 4.78 is 0. The van der Waals surface area contributed by atoms with E-state index in [9.17, 15) is 19.8 Å². The van der Waals surface area contributed by atoms with Crippen LogP contribution in [-0.2, 0) is 11.2 Å². The Morgan fingerprint density at radius 3 is 2.62 bits per heavy atom. The average Bonchev–Trinajstić information content (AvgIpc) is 3.10. The van der Waals surface area contributed by atoms with Gasteiger partial charge in [-0.1, -0.05) is 29.0 Å². The van der Waals surface area contributed by atoms with E-state index in [-0.39, 0.29) is 29.0 Å². The molecule has 10 heteroatoms. The molecule has 9 nitrogen and oxygen atoms in total. The van der Waals surface area contributed by atoms with Crippen LogP contribution in [0.2, 0.25) is 0 Å². The second-order valence-corrected chi connectivity index (χ2v) is 7.10. The van der Waals surface area contributed by atoms with Gasteiger partial charge < -0.3 is 10.2 Å². The van der Waals surface area contributed by atoms with Crippen molar-refractivity contribution in [1.29, 1.82) is 0 Å². The molecule has 29 heavy (non-hydrogen) atoms. The molecule has 4 N–H and O–H groups in total. The Morgan fingerprint density at radius 1 is 1.14 bits per heavy atom. The van der Waals surface area contributed by atoms with E-state index in [0.29, 0.717) is 16.1 Å². The molecule has 0 atom stereocenters. The highest BCUT2D eigenvalue weighted by molar-refractivity contribution is 7.15. The van der Waals surface area contributed by atoms with Crippen molar-refractivity contribution < 1.29 is 19.8 Å². The summed E-state index contributed by atoms with van der Waals surface area (Å²) in [6.45, 7) is 1.93. The fourth-order valence-corrected chi connectivity index (χ4v) is 2.98. The van der Waals surface area contributed by atoms with E-state index >= 15 is 0 Å².